The molecule has 0 heterocycles. The number of aliphatic hydroxyl groups excluding tert-OH is 2. The van der Waals surface area contributed by atoms with Gasteiger partial charge in [0.2, 0.25) is 5.91 Å². The van der Waals surface area contributed by atoms with Gasteiger partial charge in [0.1, 0.15) is 0 Å². The summed E-state index contributed by atoms with van der Waals surface area (Å²) >= 11 is 0. The van der Waals surface area contributed by atoms with Crippen molar-refractivity contribution in [1.82, 2.24) is 5.32 Å². The van der Waals surface area contributed by atoms with Gasteiger partial charge in [0, 0.05) is 6.42 Å². The molecule has 0 radical (unpaired) electrons. The maximum absolute atomic E-state index is 12.2. The van der Waals surface area contributed by atoms with E-state index in [0.29, 0.717) is 6.42 Å². The minimum Gasteiger partial charge on any atom is -0.394 e. The molecule has 206 valence electrons. The number of allylic oxidation sites excluding steroid dienone is 9. The molecule has 0 aliphatic carbocycles. The fourth-order valence-corrected chi connectivity index (χ4v) is 3.75. The molecule has 0 saturated carbocycles. The van der Waals surface area contributed by atoms with Crippen LogP contribution in [0.5, 0.6) is 0 Å². The Hall–Kier alpha value is -1.91. The first-order valence-corrected chi connectivity index (χ1v) is 14.5. The number of aliphatic hydroxyl groups is 2. The van der Waals surface area contributed by atoms with Gasteiger partial charge in [-0.25, -0.2) is 0 Å². The van der Waals surface area contributed by atoms with Crippen molar-refractivity contribution in [1.29, 1.82) is 0 Å². The Morgan fingerprint density at radius 3 is 1.83 bits per heavy atom. The van der Waals surface area contributed by atoms with Crippen molar-refractivity contribution in [3.63, 3.8) is 0 Å². The molecule has 2 atom stereocenters. The first-order valence-electron chi connectivity index (χ1n) is 14.5. The molecule has 1 amide bonds. The topological polar surface area (TPSA) is 69.6 Å². The van der Waals surface area contributed by atoms with Gasteiger partial charge in [0.05, 0.1) is 18.8 Å². The molecule has 0 aromatic heterocycles. The smallest absolute Gasteiger partial charge is 0.220 e. The summed E-state index contributed by atoms with van der Waals surface area (Å²) in [6, 6.07) is -0.642. The van der Waals surface area contributed by atoms with Crippen molar-refractivity contribution in [3.05, 3.63) is 60.8 Å². The summed E-state index contributed by atoms with van der Waals surface area (Å²) in [7, 11) is 0. The highest BCUT2D eigenvalue weighted by atomic mass is 16.3. The number of carbonyl (C=O) groups is 1. The maximum Gasteiger partial charge on any atom is 0.220 e. The van der Waals surface area contributed by atoms with Gasteiger partial charge < -0.3 is 15.5 Å². The van der Waals surface area contributed by atoms with Crippen LogP contribution in [0.15, 0.2) is 60.8 Å². The van der Waals surface area contributed by atoms with Crippen LogP contribution >= 0.6 is 0 Å². The van der Waals surface area contributed by atoms with Crippen molar-refractivity contribution in [2.24, 2.45) is 0 Å². The Kier molecular flexibility index (Phi) is 26.2. The maximum atomic E-state index is 12.2. The van der Waals surface area contributed by atoms with Crippen LogP contribution in [0.4, 0.5) is 0 Å². The van der Waals surface area contributed by atoms with Crippen molar-refractivity contribution in [2.45, 2.75) is 129 Å². The number of carbonyl (C=O) groups excluding carboxylic acids is 1. The SMILES string of the molecule is CC/C=C\C/C=C\C/C=C\C/C=C\CCCCC(=O)NC(CO)C(O)/C=C/CCCCCCCCC. The molecule has 0 bridgehead atoms. The van der Waals surface area contributed by atoms with Gasteiger partial charge >= 0.3 is 0 Å². The van der Waals surface area contributed by atoms with Crippen molar-refractivity contribution in [3.8, 4) is 0 Å². The summed E-state index contributed by atoms with van der Waals surface area (Å²) in [6.07, 6.45) is 37.2. The van der Waals surface area contributed by atoms with Gasteiger partial charge in [0.25, 0.3) is 0 Å². The number of rotatable bonds is 24. The second-order valence-corrected chi connectivity index (χ2v) is 9.43. The Morgan fingerprint density at radius 2 is 1.22 bits per heavy atom. The molecule has 4 nitrogen and oxygen atoms in total. The Morgan fingerprint density at radius 1 is 0.694 bits per heavy atom. The highest BCUT2D eigenvalue weighted by Crippen LogP contribution is 2.09. The zero-order valence-electron chi connectivity index (χ0n) is 23.3. The molecule has 0 fully saturated rings. The molecular formula is C32H55NO3. The van der Waals surface area contributed by atoms with Crippen molar-refractivity contribution >= 4 is 5.91 Å². The van der Waals surface area contributed by atoms with E-state index in [1.165, 1.54) is 38.5 Å². The largest absolute Gasteiger partial charge is 0.394 e. The molecule has 0 spiro atoms. The molecule has 0 aliphatic rings. The summed E-state index contributed by atoms with van der Waals surface area (Å²) in [4.78, 5) is 12.2. The fraction of sp³-hybridized carbons (Fsp3) is 0.656. The zero-order valence-corrected chi connectivity index (χ0v) is 23.3. The molecular weight excluding hydrogens is 446 g/mol. The van der Waals surface area contributed by atoms with Crippen LogP contribution in [-0.4, -0.2) is 34.9 Å². The summed E-state index contributed by atoms with van der Waals surface area (Å²) < 4.78 is 0. The summed E-state index contributed by atoms with van der Waals surface area (Å²) in [5.74, 6) is -0.112. The summed E-state index contributed by atoms with van der Waals surface area (Å²) in [5, 5.41) is 22.6. The number of nitrogens with one attached hydrogen (secondary N) is 1. The monoisotopic (exact) mass is 501 g/mol. The average Bonchev–Trinajstić information content (AvgIpc) is 2.88. The lowest BCUT2D eigenvalue weighted by Crippen LogP contribution is -2.45. The first kappa shape index (κ1) is 34.1. The minimum absolute atomic E-state index is 0.112. The van der Waals surface area contributed by atoms with Crippen LogP contribution in [0, 0.1) is 0 Å². The second-order valence-electron chi connectivity index (χ2n) is 9.43. The summed E-state index contributed by atoms with van der Waals surface area (Å²) in [6.45, 7) is 4.11. The lowest BCUT2D eigenvalue weighted by Gasteiger charge is -2.19. The van der Waals surface area contributed by atoms with E-state index in [9.17, 15) is 15.0 Å². The van der Waals surface area contributed by atoms with E-state index in [1.54, 1.807) is 6.08 Å². The molecule has 2 unspecified atom stereocenters. The van der Waals surface area contributed by atoms with Gasteiger partial charge in [-0.3, -0.25) is 4.79 Å². The van der Waals surface area contributed by atoms with Gasteiger partial charge in [-0.15, -0.1) is 0 Å². The molecule has 0 saturated heterocycles. The molecule has 0 aromatic carbocycles. The van der Waals surface area contributed by atoms with Crippen LogP contribution in [0.25, 0.3) is 0 Å². The van der Waals surface area contributed by atoms with Crippen molar-refractivity contribution < 1.29 is 15.0 Å². The van der Waals surface area contributed by atoms with Crippen LogP contribution in [-0.2, 0) is 4.79 Å². The second kappa shape index (κ2) is 27.7. The average molecular weight is 502 g/mol. The molecule has 0 aromatic rings. The highest BCUT2D eigenvalue weighted by molar-refractivity contribution is 5.76. The summed E-state index contributed by atoms with van der Waals surface area (Å²) in [5.41, 5.74) is 0. The van der Waals surface area contributed by atoms with Gasteiger partial charge in [-0.05, 0) is 57.8 Å². The van der Waals surface area contributed by atoms with E-state index < -0.39 is 12.1 Å². The van der Waals surface area contributed by atoms with Crippen LogP contribution in [0.2, 0.25) is 0 Å². The Labute approximate surface area is 222 Å². The normalized spacial score (nSPS) is 14.2. The van der Waals surface area contributed by atoms with E-state index in [-0.39, 0.29) is 12.5 Å². The standard InChI is InChI=1S/C32H55NO3/c1-3-5-7-9-11-13-14-15-16-17-18-20-22-24-26-28-32(36)33-30(29-34)31(35)27-25-23-21-19-12-10-8-6-4-2/h5,7,11,13,15-16,18,20,25,27,30-31,34-35H,3-4,6,8-10,12,14,17,19,21-24,26,28-29H2,1-2H3,(H,33,36)/b7-5-,13-11-,16-15-,20-18-,27-25+. The van der Waals surface area contributed by atoms with Gasteiger partial charge in [0.15, 0.2) is 0 Å². The quantitative estimate of drug-likeness (QED) is 0.0930. The Bertz CT molecular complexity index is 633. The van der Waals surface area contributed by atoms with E-state index in [1.807, 2.05) is 6.08 Å². The number of unbranched alkanes of at least 4 members (excludes halogenated alkanes) is 9. The lowest BCUT2D eigenvalue weighted by molar-refractivity contribution is -0.123. The zero-order chi connectivity index (χ0) is 26.5. The Balaban J connectivity index is 3.83. The van der Waals surface area contributed by atoms with E-state index in [4.69, 9.17) is 0 Å². The molecule has 3 N–H and O–H groups in total. The van der Waals surface area contributed by atoms with Gasteiger partial charge in [-0.1, -0.05) is 113 Å². The lowest BCUT2D eigenvalue weighted by atomic mass is 10.1. The minimum atomic E-state index is -0.854. The predicted molar refractivity (Wildman–Crippen MR) is 156 cm³/mol. The third-order valence-corrected chi connectivity index (χ3v) is 6.01. The fourth-order valence-electron chi connectivity index (χ4n) is 3.75. The number of amides is 1. The molecule has 4 heteroatoms. The molecule has 36 heavy (non-hydrogen) atoms. The number of hydrogen-bond donors (Lipinski definition) is 3. The van der Waals surface area contributed by atoms with E-state index in [2.05, 4.69) is 67.8 Å². The third-order valence-electron chi connectivity index (χ3n) is 6.01. The van der Waals surface area contributed by atoms with Crippen LogP contribution < -0.4 is 5.32 Å². The highest BCUT2D eigenvalue weighted by Gasteiger charge is 2.17. The van der Waals surface area contributed by atoms with E-state index >= 15 is 0 Å². The van der Waals surface area contributed by atoms with Crippen LogP contribution in [0.3, 0.4) is 0 Å². The number of hydrogen-bond acceptors (Lipinski definition) is 3. The van der Waals surface area contributed by atoms with Gasteiger partial charge in [-0.2, -0.15) is 0 Å². The molecule has 0 aliphatic heterocycles. The van der Waals surface area contributed by atoms with Crippen molar-refractivity contribution in [2.75, 3.05) is 6.61 Å². The predicted octanol–water partition coefficient (Wildman–Crippen LogP) is 7.89. The first-order chi connectivity index (χ1) is 17.7. The van der Waals surface area contributed by atoms with E-state index in [0.717, 1.165) is 57.8 Å². The molecule has 0 rings (SSSR count). The third kappa shape index (κ3) is 23.8. The van der Waals surface area contributed by atoms with Crippen LogP contribution in [0.1, 0.15) is 117 Å².